The normalized spacial score (nSPS) is 55.3. The van der Waals surface area contributed by atoms with Gasteiger partial charge in [0.1, 0.15) is 5.66 Å². The fourth-order valence-corrected chi connectivity index (χ4v) is 1.33. The largest absolute Gasteiger partial charge is 0.321 e. The molecule has 4 nitrogen and oxygen atoms in total. The Labute approximate surface area is 56.5 Å². The van der Waals surface area contributed by atoms with E-state index < -0.39 is 16.5 Å². The molecule has 0 amide bonds. The van der Waals surface area contributed by atoms with E-state index in [0.29, 0.717) is 0 Å². The van der Waals surface area contributed by atoms with Crippen LogP contribution < -0.4 is 22.9 Å². The number of nitrogens with two attached hydrogens (primary N) is 4. The van der Waals surface area contributed by atoms with Crippen LogP contribution in [0.4, 0.5) is 0 Å². The van der Waals surface area contributed by atoms with Gasteiger partial charge in [-0.2, -0.15) is 0 Å². The first-order valence-corrected chi connectivity index (χ1v) is 3.27. The van der Waals surface area contributed by atoms with Gasteiger partial charge in [-0.05, 0) is 6.92 Å². The molecule has 0 aromatic carbocycles. The van der Waals surface area contributed by atoms with Crippen molar-refractivity contribution in [2.45, 2.75) is 23.4 Å². The molecular weight excluding hydrogens is 135 g/mol. The van der Waals surface area contributed by atoms with E-state index in [1.807, 2.05) is 0 Å². The molecule has 1 rings (SSSR count). The maximum atomic E-state index is 5.62. The predicted octanol–water partition coefficient (Wildman–Crippen LogP) is -2.14. The summed E-state index contributed by atoms with van der Waals surface area (Å²) in [6.07, 6.45) is 0. The molecule has 0 spiro atoms. The Morgan fingerprint density at radius 1 is 1.11 bits per heavy atom. The third-order valence-corrected chi connectivity index (χ3v) is 3.42. The first-order valence-electron chi connectivity index (χ1n) is 2.69. The highest BCUT2D eigenvalue weighted by molar-refractivity contribution is 7.20. The van der Waals surface area contributed by atoms with Crippen LogP contribution in [-0.4, -0.2) is 16.5 Å². The van der Waals surface area contributed by atoms with E-state index in [2.05, 4.69) is 9.24 Å². The minimum Gasteiger partial charge on any atom is -0.321 e. The van der Waals surface area contributed by atoms with E-state index in [0.717, 1.165) is 0 Å². The molecule has 8 N–H and O–H groups in total. The van der Waals surface area contributed by atoms with Crippen molar-refractivity contribution in [3.8, 4) is 0 Å². The number of hydrogen-bond acceptors (Lipinski definition) is 4. The lowest BCUT2D eigenvalue weighted by atomic mass is 10.3. The summed E-state index contributed by atoms with van der Waals surface area (Å²) in [5.41, 5.74) is 20.7. The quantitative estimate of drug-likeness (QED) is 0.232. The Kier molecular flexibility index (Phi) is 1.07. The molecule has 1 aliphatic rings. The van der Waals surface area contributed by atoms with E-state index in [9.17, 15) is 0 Å². The van der Waals surface area contributed by atoms with Gasteiger partial charge in [0.25, 0.3) is 0 Å². The average Bonchev–Trinajstić information content (AvgIpc) is 1.84. The van der Waals surface area contributed by atoms with Gasteiger partial charge < -0.3 is 22.9 Å². The number of hydrogen-bond donors (Lipinski definition) is 4. The fraction of sp³-hybridized carbons (Fsp3) is 1.00. The molecule has 1 aliphatic carbocycles. The van der Waals surface area contributed by atoms with Crippen LogP contribution >= 0.6 is 9.24 Å². The summed E-state index contributed by atoms with van der Waals surface area (Å²) in [6.45, 7) is 1.74. The van der Waals surface area contributed by atoms with Crippen LogP contribution in [0.2, 0.25) is 0 Å². The van der Waals surface area contributed by atoms with E-state index in [1.165, 1.54) is 0 Å². The highest BCUT2D eigenvalue weighted by Gasteiger charge is 2.76. The molecule has 0 aromatic heterocycles. The summed E-state index contributed by atoms with van der Waals surface area (Å²) >= 11 is 0. The van der Waals surface area contributed by atoms with Crippen LogP contribution in [0.25, 0.3) is 0 Å². The molecule has 5 heteroatoms. The molecule has 9 heavy (non-hydrogen) atoms. The molecular formula is C4H13N4P. The molecule has 54 valence electrons. The van der Waals surface area contributed by atoms with E-state index in [-0.39, 0.29) is 0 Å². The van der Waals surface area contributed by atoms with Crippen LogP contribution in [0.1, 0.15) is 6.92 Å². The SMILES string of the molecule is CC1(N)C(N)(N)C1(N)P. The van der Waals surface area contributed by atoms with Crippen molar-refractivity contribution in [3.05, 3.63) is 0 Å². The Balaban J connectivity index is 2.91. The van der Waals surface area contributed by atoms with Crippen LogP contribution in [0, 0.1) is 0 Å². The average molecular weight is 148 g/mol. The second kappa shape index (κ2) is 1.31. The Bertz CT molecular complexity index is 110. The van der Waals surface area contributed by atoms with Gasteiger partial charge in [-0.1, -0.05) is 0 Å². The molecule has 0 radical (unpaired) electrons. The van der Waals surface area contributed by atoms with E-state index in [4.69, 9.17) is 22.9 Å². The molecule has 0 heterocycles. The third kappa shape index (κ3) is 0.509. The van der Waals surface area contributed by atoms with E-state index >= 15 is 0 Å². The molecule has 3 atom stereocenters. The zero-order chi connectivity index (χ0) is 7.50. The van der Waals surface area contributed by atoms with Gasteiger partial charge in [-0.15, -0.1) is 9.24 Å². The van der Waals surface area contributed by atoms with Gasteiger partial charge in [0.05, 0.1) is 10.8 Å². The fourth-order valence-electron chi connectivity index (χ4n) is 0.865. The van der Waals surface area contributed by atoms with Crippen molar-refractivity contribution in [1.82, 2.24) is 0 Å². The summed E-state index contributed by atoms with van der Waals surface area (Å²) in [7, 11) is 2.37. The Hall–Kier alpha value is 0.270. The summed E-state index contributed by atoms with van der Waals surface area (Å²) in [6, 6.07) is 0. The van der Waals surface area contributed by atoms with Crippen molar-refractivity contribution < 1.29 is 0 Å². The molecule has 0 bridgehead atoms. The van der Waals surface area contributed by atoms with E-state index in [1.54, 1.807) is 6.92 Å². The second-order valence-electron chi connectivity index (χ2n) is 2.94. The van der Waals surface area contributed by atoms with Crippen molar-refractivity contribution in [3.63, 3.8) is 0 Å². The molecule has 0 aromatic rings. The highest BCUT2D eigenvalue weighted by atomic mass is 31.0. The highest BCUT2D eigenvalue weighted by Crippen LogP contribution is 2.52. The van der Waals surface area contributed by atoms with Crippen molar-refractivity contribution >= 4 is 9.24 Å². The lowest BCUT2D eigenvalue weighted by molar-refractivity contribution is 0.579. The second-order valence-corrected chi connectivity index (χ2v) is 3.85. The summed E-state index contributed by atoms with van der Waals surface area (Å²) in [4.78, 5) is 0. The molecule has 3 unspecified atom stereocenters. The topological polar surface area (TPSA) is 104 Å². The van der Waals surface area contributed by atoms with Gasteiger partial charge >= 0.3 is 0 Å². The first kappa shape index (κ1) is 7.38. The van der Waals surface area contributed by atoms with Crippen LogP contribution in [0.15, 0.2) is 0 Å². The molecule has 1 fully saturated rings. The lowest BCUT2D eigenvalue weighted by Crippen LogP contribution is -2.47. The zero-order valence-corrected chi connectivity index (χ0v) is 6.54. The number of rotatable bonds is 0. The maximum absolute atomic E-state index is 5.62. The smallest absolute Gasteiger partial charge is 0.108 e. The van der Waals surface area contributed by atoms with Crippen molar-refractivity contribution in [2.24, 2.45) is 22.9 Å². The Morgan fingerprint density at radius 3 is 1.22 bits per heavy atom. The molecule has 0 saturated heterocycles. The molecule has 1 saturated carbocycles. The lowest BCUT2D eigenvalue weighted by Gasteiger charge is -2.04. The van der Waals surface area contributed by atoms with Gasteiger partial charge in [0, 0.05) is 0 Å². The zero-order valence-electron chi connectivity index (χ0n) is 5.39. The maximum Gasteiger partial charge on any atom is 0.108 e. The minimum atomic E-state index is -0.940. The van der Waals surface area contributed by atoms with Crippen LogP contribution in [-0.2, 0) is 0 Å². The summed E-state index contributed by atoms with van der Waals surface area (Å²) in [5, 5.41) is -0.708. The predicted molar refractivity (Wildman–Crippen MR) is 40.3 cm³/mol. The van der Waals surface area contributed by atoms with Crippen LogP contribution in [0.3, 0.4) is 0 Å². The van der Waals surface area contributed by atoms with Gasteiger partial charge in [-0.3, -0.25) is 0 Å². The summed E-state index contributed by atoms with van der Waals surface area (Å²) in [5.74, 6) is 0. The summed E-state index contributed by atoms with van der Waals surface area (Å²) < 4.78 is 0. The van der Waals surface area contributed by atoms with Gasteiger partial charge in [0.2, 0.25) is 0 Å². The molecule has 0 aliphatic heterocycles. The monoisotopic (exact) mass is 148 g/mol. The Morgan fingerprint density at radius 2 is 1.22 bits per heavy atom. The first-order chi connectivity index (χ1) is 3.75. The van der Waals surface area contributed by atoms with Crippen molar-refractivity contribution in [1.29, 1.82) is 0 Å². The van der Waals surface area contributed by atoms with Crippen molar-refractivity contribution in [2.75, 3.05) is 0 Å². The van der Waals surface area contributed by atoms with Crippen LogP contribution in [0.5, 0.6) is 0 Å². The standard InChI is InChI=1S/C4H13N4P/c1-2(5)3(6,7)4(2,8)9/h5-9H2,1H3. The minimum absolute atomic E-state index is 0.662. The van der Waals surface area contributed by atoms with Gasteiger partial charge in [0.15, 0.2) is 0 Å². The third-order valence-electron chi connectivity index (χ3n) is 2.34. The van der Waals surface area contributed by atoms with Gasteiger partial charge in [-0.25, -0.2) is 0 Å².